The highest BCUT2D eigenvalue weighted by Gasteiger charge is 2.30. The van der Waals surface area contributed by atoms with Gasteiger partial charge in [-0.2, -0.15) is 0 Å². The van der Waals surface area contributed by atoms with Gasteiger partial charge in [-0.05, 0) is 29.8 Å². The average Bonchev–Trinajstić information content (AvgIpc) is 2.51. The lowest BCUT2D eigenvalue weighted by Crippen LogP contribution is -2.40. The lowest BCUT2D eigenvalue weighted by Gasteiger charge is -2.35. The number of benzene rings is 2. The van der Waals surface area contributed by atoms with Gasteiger partial charge < -0.3 is 15.0 Å². The van der Waals surface area contributed by atoms with Gasteiger partial charge in [-0.25, -0.2) is 4.39 Å². The fourth-order valence-electron chi connectivity index (χ4n) is 2.51. The molecule has 1 aliphatic rings. The molecule has 1 unspecified atom stereocenters. The molecule has 0 aliphatic carbocycles. The van der Waals surface area contributed by atoms with Crippen molar-refractivity contribution in [1.82, 2.24) is 4.90 Å². The first kappa shape index (κ1) is 13.4. The first-order chi connectivity index (χ1) is 10.1. The molecule has 5 heteroatoms. The fraction of sp³-hybridized carbons (Fsp3) is 0.188. The SMILES string of the molecule is COc1ccc(C2Nc3ccccc3C(=O)N2C)cc1F. The Balaban J connectivity index is 2.00. The highest BCUT2D eigenvalue weighted by Crippen LogP contribution is 2.33. The van der Waals surface area contributed by atoms with Crippen molar-refractivity contribution in [2.24, 2.45) is 0 Å². The molecule has 1 atom stereocenters. The van der Waals surface area contributed by atoms with Crippen LogP contribution in [0.15, 0.2) is 42.5 Å². The minimum atomic E-state index is -0.448. The summed E-state index contributed by atoms with van der Waals surface area (Å²) in [7, 11) is 3.11. The van der Waals surface area contributed by atoms with E-state index < -0.39 is 12.0 Å². The minimum absolute atomic E-state index is 0.0921. The maximum Gasteiger partial charge on any atom is 0.257 e. The van der Waals surface area contributed by atoms with Crippen LogP contribution in [0.3, 0.4) is 0 Å². The molecule has 0 saturated carbocycles. The zero-order chi connectivity index (χ0) is 15.0. The lowest BCUT2D eigenvalue weighted by atomic mass is 10.0. The van der Waals surface area contributed by atoms with Crippen molar-refractivity contribution in [3.05, 3.63) is 59.4 Å². The van der Waals surface area contributed by atoms with E-state index in [4.69, 9.17) is 4.74 Å². The molecule has 0 aromatic heterocycles. The van der Waals surface area contributed by atoms with Crippen molar-refractivity contribution < 1.29 is 13.9 Å². The predicted octanol–water partition coefficient (Wildman–Crippen LogP) is 3.03. The summed E-state index contributed by atoms with van der Waals surface area (Å²) in [4.78, 5) is 13.9. The molecule has 0 spiro atoms. The van der Waals surface area contributed by atoms with Crippen LogP contribution < -0.4 is 10.1 Å². The number of fused-ring (bicyclic) bond motifs is 1. The lowest BCUT2D eigenvalue weighted by molar-refractivity contribution is 0.0735. The predicted molar refractivity (Wildman–Crippen MR) is 77.9 cm³/mol. The van der Waals surface area contributed by atoms with Crippen LogP contribution in [0.4, 0.5) is 10.1 Å². The Bertz CT molecular complexity index is 702. The van der Waals surface area contributed by atoms with Gasteiger partial charge in [0, 0.05) is 12.7 Å². The summed E-state index contributed by atoms with van der Waals surface area (Å²) in [5, 5.41) is 3.26. The molecule has 1 N–H and O–H groups in total. The highest BCUT2D eigenvalue weighted by atomic mass is 19.1. The van der Waals surface area contributed by atoms with Gasteiger partial charge in [-0.1, -0.05) is 18.2 Å². The summed E-state index contributed by atoms with van der Waals surface area (Å²) in [6, 6.07) is 12.0. The third-order valence-electron chi connectivity index (χ3n) is 3.65. The zero-order valence-corrected chi connectivity index (χ0v) is 11.8. The maximum atomic E-state index is 13.9. The van der Waals surface area contributed by atoms with E-state index in [1.54, 1.807) is 30.1 Å². The number of carbonyl (C=O) groups excluding carboxylic acids is 1. The van der Waals surface area contributed by atoms with E-state index in [-0.39, 0.29) is 11.7 Å². The van der Waals surface area contributed by atoms with Crippen LogP contribution in [0.5, 0.6) is 5.75 Å². The van der Waals surface area contributed by atoms with E-state index in [1.165, 1.54) is 13.2 Å². The van der Waals surface area contributed by atoms with Crippen LogP contribution in [0.2, 0.25) is 0 Å². The van der Waals surface area contributed by atoms with Gasteiger partial charge in [-0.15, -0.1) is 0 Å². The van der Waals surface area contributed by atoms with Crippen molar-refractivity contribution in [3.63, 3.8) is 0 Å². The van der Waals surface area contributed by atoms with E-state index in [2.05, 4.69) is 5.32 Å². The number of nitrogens with one attached hydrogen (secondary N) is 1. The van der Waals surface area contributed by atoms with Crippen molar-refractivity contribution in [1.29, 1.82) is 0 Å². The summed E-state index contributed by atoms with van der Waals surface area (Å²) in [5.74, 6) is -0.356. The van der Waals surface area contributed by atoms with Crippen molar-refractivity contribution >= 4 is 11.6 Å². The number of nitrogens with zero attached hydrogens (tertiary/aromatic N) is 1. The topological polar surface area (TPSA) is 41.6 Å². The zero-order valence-electron chi connectivity index (χ0n) is 11.8. The molecule has 4 nitrogen and oxygen atoms in total. The molecule has 0 radical (unpaired) electrons. The van der Waals surface area contributed by atoms with Crippen molar-refractivity contribution in [2.75, 3.05) is 19.5 Å². The van der Waals surface area contributed by atoms with Gasteiger partial charge in [0.1, 0.15) is 6.17 Å². The number of para-hydroxylation sites is 1. The van der Waals surface area contributed by atoms with E-state index >= 15 is 0 Å². The van der Waals surface area contributed by atoms with Gasteiger partial charge in [0.15, 0.2) is 11.6 Å². The number of methoxy groups -OCH3 is 1. The van der Waals surface area contributed by atoms with Crippen LogP contribution in [-0.2, 0) is 0 Å². The summed E-state index contributed by atoms with van der Waals surface area (Å²) < 4.78 is 18.8. The number of amides is 1. The largest absolute Gasteiger partial charge is 0.494 e. The molecular formula is C16H15FN2O2. The molecule has 21 heavy (non-hydrogen) atoms. The van der Waals surface area contributed by atoms with Gasteiger partial charge in [-0.3, -0.25) is 4.79 Å². The van der Waals surface area contributed by atoms with Gasteiger partial charge in [0.2, 0.25) is 0 Å². The van der Waals surface area contributed by atoms with Crippen LogP contribution >= 0.6 is 0 Å². The molecule has 3 rings (SSSR count). The van der Waals surface area contributed by atoms with E-state index in [1.807, 2.05) is 18.2 Å². The quantitative estimate of drug-likeness (QED) is 0.922. The molecule has 0 saturated heterocycles. The Hall–Kier alpha value is -2.56. The van der Waals surface area contributed by atoms with Crippen LogP contribution in [-0.4, -0.2) is 25.0 Å². The molecule has 2 aromatic carbocycles. The second kappa shape index (κ2) is 5.09. The Morgan fingerprint density at radius 1 is 1.24 bits per heavy atom. The van der Waals surface area contributed by atoms with Crippen LogP contribution in [0.1, 0.15) is 22.1 Å². The fourth-order valence-corrected chi connectivity index (χ4v) is 2.51. The third kappa shape index (κ3) is 2.20. The number of ether oxygens (including phenoxy) is 1. The Labute approximate surface area is 122 Å². The summed E-state index contributed by atoms with van der Waals surface area (Å²) >= 11 is 0. The first-order valence-electron chi connectivity index (χ1n) is 6.58. The van der Waals surface area contributed by atoms with E-state index in [0.29, 0.717) is 11.1 Å². The number of hydrogen-bond donors (Lipinski definition) is 1. The summed E-state index contributed by atoms with van der Waals surface area (Å²) in [6.07, 6.45) is -0.409. The number of hydrogen-bond acceptors (Lipinski definition) is 3. The number of halogens is 1. The smallest absolute Gasteiger partial charge is 0.257 e. The van der Waals surface area contributed by atoms with E-state index in [9.17, 15) is 9.18 Å². The van der Waals surface area contributed by atoms with Gasteiger partial charge in [0.05, 0.1) is 12.7 Å². The molecule has 0 bridgehead atoms. The van der Waals surface area contributed by atoms with Crippen molar-refractivity contribution in [3.8, 4) is 5.75 Å². The van der Waals surface area contributed by atoms with Gasteiger partial charge in [0.25, 0.3) is 5.91 Å². The number of carbonyl (C=O) groups is 1. The highest BCUT2D eigenvalue weighted by molar-refractivity contribution is 6.01. The Kier molecular flexibility index (Phi) is 3.25. The van der Waals surface area contributed by atoms with Crippen molar-refractivity contribution in [2.45, 2.75) is 6.17 Å². The second-order valence-electron chi connectivity index (χ2n) is 4.90. The molecule has 1 heterocycles. The maximum absolute atomic E-state index is 13.9. The molecular weight excluding hydrogens is 271 g/mol. The standard InChI is InChI=1S/C16H15FN2O2/c1-19-15(10-7-8-14(21-2)12(17)9-10)18-13-6-4-3-5-11(13)16(19)20/h3-9,15,18H,1-2H3. The number of rotatable bonds is 2. The summed E-state index contributed by atoms with van der Waals surface area (Å²) in [5.41, 5.74) is 2.03. The minimum Gasteiger partial charge on any atom is -0.494 e. The molecule has 1 aliphatic heterocycles. The third-order valence-corrected chi connectivity index (χ3v) is 3.65. The number of anilines is 1. The van der Waals surface area contributed by atoms with Gasteiger partial charge >= 0.3 is 0 Å². The van der Waals surface area contributed by atoms with Crippen LogP contribution in [0, 0.1) is 5.82 Å². The first-order valence-corrected chi connectivity index (χ1v) is 6.58. The molecule has 108 valence electrons. The molecule has 2 aromatic rings. The monoisotopic (exact) mass is 286 g/mol. The second-order valence-corrected chi connectivity index (χ2v) is 4.90. The normalized spacial score (nSPS) is 17.2. The van der Waals surface area contributed by atoms with E-state index in [0.717, 1.165) is 5.69 Å². The molecule has 1 amide bonds. The molecule has 0 fully saturated rings. The summed E-state index contributed by atoms with van der Waals surface area (Å²) in [6.45, 7) is 0. The Morgan fingerprint density at radius 2 is 2.00 bits per heavy atom. The van der Waals surface area contributed by atoms with Crippen LogP contribution in [0.25, 0.3) is 0 Å². The average molecular weight is 286 g/mol. The Morgan fingerprint density at radius 3 is 2.71 bits per heavy atom.